The molecule has 0 aromatic carbocycles. The number of hydrogen-bond acceptors (Lipinski definition) is 4. The summed E-state index contributed by atoms with van der Waals surface area (Å²) in [6.45, 7) is 7.33. The Labute approximate surface area is 108 Å². The zero-order chi connectivity index (χ0) is 13.2. The van der Waals surface area contributed by atoms with Crippen molar-refractivity contribution in [1.29, 1.82) is 0 Å². The van der Waals surface area contributed by atoms with E-state index in [1.807, 2.05) is 11.0 Å². The Morgan fingerprint density at radius 3 is 2.67 bits per heavy atom. The van der Waals surface area contributed by atoms with Crippen LogP contribution in [-0.4, -0.2) is 62.0 Å². The lowest BCUT2D eigenvalue weighted by atomic mass is 10.1. The van der Waals surface area contributed by atoms with Crippen molar-refractivity contribution in [3.05, 3.63) is 12.7 Å². The topological polar surface area (TPSA) is 59.0 Å². The van der Waals surface area contributed by atoms with E-state index in [0.29, 0.717) is 38.8 Å². The van der Waals surface area contributed by atoms with Crippen molar-refractivity contribution in [3.63, 3.8) is 0 Å². The van der Waals surface area contributed by atoms with Crippen LogP contribution in [0.25, 0.3) is 0 Å². The monoisotopic (exact) mass is 257 g/mol. The summed E-state index contributed by atoms with van der Waals surface area (Å²) in [5.41, 5.74) is 0. The van der Waals surface area contributed by atoms with Crippen molar-refractivity contribution < 1.29 is 19.4 Å². The molecule has 104 valence electrons. The van der Waals surface area contributed by atoms with Gasteiger partial charge in [0.2, 0.25) is 5.91 Å². The molecule has 1 aliphatic heterocycles. The Hall–Kier alpha value is -0.910. The van der Waals surface area contributed by atoms with Gasteiger partial charge in [-0.05, 0) is 6.42 Å². The summed E-state index contributed by atoms with van der Waals surface area (Å²) in [6.07, 6.45) is 3.29. The van der Waals surface area contributed by atoms with Crippen LogP contribution in [0.5, 0.6) is 0 Å². The molecule has 1 N–H and O–H groups in total. The molecule has 0 bridgehead atoms. The number of nitrogens with zero attached hydrogens (tertiary/aromatic N) is 1. The standard InChI is InChI=1S/C13H23NO4/c1-2-12-10-13(16)14(11-12)4-3-6-17-8-9-18-7-5-15/h2,12,15H,1,3-11H2. The number of aliphatic hydroxyl groups excluding tert-OH is 1. The highest BCUT2D eigenvalue weighted by Gasteiger charge is 2.26. The van der Waals surface area contributed by atoms with Crippen LogP contribution < -0.4 is 0 Å². The first-order chi connectivity index (χ1) is 8.77. The first-order valence-corrected chi connectivity index (χ1v) is 6.44. The molecule has 1 atom stereocenters. The van der Waals surface area contributed by atoms with Crippen LogP contribution in [0.15, 0.2) is 12.7 Å². The highest BCUT2D eigenvalue weighted by Crippen LogP contribution is 2.18. The molecule has 0 spiro atoms. The van der Waals surface area contributed by atoms with Crippen molar-refractivity contribution in [1.82, 2.24) is 4.90 Å². The van der Waals surface area contributed by atoms with E-state index < -0.39 is 0 Å². The highest BCUT2D eigenvalue weighted by atomic mass is 16.5. The normalized spacial score (nSPS) is 19.5. The molecule has 5 heteroatoms. The average Bonchev–Trinajstić information content (AvgIpc) is 2.73. The molecular weight excluding hydrogens is 234 g/mol. The van der Waals surface area contributed by atoms with Crippen LogP contribution in [0.2, 0.25) is 0 Å². The Morgan fingerprint density at radius 1 is 1.33 bits per heavy atom. The van der Waals surface area contributed by atoms with Crippen molar-refractivity contribution in [2.75, 3.05) is 46.1 Å². The number of carbonyl (C=O) groups excluding carboxylic acids is 1. The van der Waals surface area contributed by atoms with E-state index in [9.17, 15) is 4.79 Å². The highest BCUT2D eigenvalue weighted by molar-refractivity contribution is 5.78. The Kier molecular flexibility index (Phi) is 7.64. The van der Waals surface area contributed by atoms with Crippen LogP contribution in [0.4, 0.5) is 0 Å². The van der Waals surface area contributed by atoms with Gasteiger partial charge < -0.3 is 19.5 Å². The molecule has 5 nitrogen and oxygen atoms in total. The zero-order valence-electron chi connectivity index (χ0n) is 10.8. The third-order valence-electron chi connectivity index (χ3n) is 2.90. The van der Waals surface area contributed by atoms with Crippen molar-refractivity contribution in [3.8, 4) is 0 Å². The minimum atomic E-state index is 0.0432. The molecule has 1 unspecified atom stereocenters. The smallest absolute Gasteiger partial charge is 0.223 e. The molecule has 1 saturated heterocycles. The van der Waals surface area contributed by atoms with E-state index >= 15 is 0 Å². The molecule has 0 aliphatic carbocycles. The first-order valence-electron chi connectivity index (χ1n) is 6.44. The second-order valence-corrected chi connectivity index (χ2v) is 4.34. The summed E-state index contributed by atoms with van der Waals surface area (Å²) in [5.74, 6) is 0.525. The van der Waals surface area contributed by atoms with E-state index in [-0.39, 0.29) is 12.5 Å². The maximum atomic E-state index is 11.6. The molecule has 1 aliphatic rings. The Morgan fingerprint density at radius 2 is 2.06 bits per heavy atom. The van der Waals surface area contributed by atoms with Gasteiger partial charge in [0, 0.05) is 32.0 Å². The Balaban J connectivity index is 1.95. The van der Waals surface area contributed by atoms with Gasteiger partial charge in [-0.3, -0.25) is 4.79 Å². The SMILES string of the molecule is C=CC1CC(=O)N(CCCOCCOCCO)C1. The summed E-state index contributed by atoms with van der Waals surface area (Å²) in [4.78, 5) is 13.4. The van der Waals surface area contributed by atoms with Crippen molar-refractivity contribution >= 4 is 5.91 Å². The third kappa shape index (κ3) is 5.62. The van der Waals surface area contributed by atoms with Gasteiger partial charge in [-0.25, -0.2) is 0 Å². The zero-order valence-corrected chi connectivity index (χ0v) is 10.8. The molecule has 0 radical (unpaired) electrons. The molecule has 0 aromatic rings. The number of rotatable bonds is 10. The van der Waals surface area contributed by atoms with E-state index in [2.05, 4.69) is 6.58 Å². The lowest BCUT2D eigenvalue weighted by molar-refractivity contribution is -0.127. The van der Waals surface area contributed by atoms with Gasteiger partial charge in [-0.2, -0.15) is 0 Å². The Bertz CT molecular complexity index is 257. The molecule has 1 amide bonds. The fourth-order valence-electron chi connectivity index (χ4n) is 1.92. The van der Waals surface area contributed by atoms with Crippen LogP contribution in [-0.2, 0) is 14.3 Å². The second kappa shape index (κ2) is 9.08. The van der Waals surface area contributed by atoms with Gasteiger partial charge in [0.25, 0.3) is 0 Å². The fourth-order valence-corrected chi connectivity index (χ4v) is 1.92. The predicted octanol–water partition coefficient (Wildman–Crippen LogP) is 0.436. The largest absolute Gasteiger partial charge is 0.394 e. The molecule has 18 heavy (non-hydrogen) atoms. The predicted molar refractivity (Wildman–Crippen MR) is 68.2 cm³/mol. The molecule has 1 fully saturated rings. The van der Waals surface area contributed by atoms with E-state index in [1.165, 1.54) is 0 Å². The summed E-state index contributed by atoms with van der Waals surface area (Å²) in [7, 11) is 0. The van der Waals surface area contributed by atoms with Crippen molar-refractivity contribution in [2.24, 2.45) is 5.92 Å². The van der Waals surface area contributed by atoms with Crippen LogP contribution in [0.3, 0.4) is 0 Å². The van der Waals surface area contributed by atoms with Gasteiger partial charge in [0.1, 0.15) is 0 Å². The summed E-state index contributed by atoms with van der Waals surface area (Å²) in [5, 5.41) is 8.48. The lowest BCUT2D eigenvalue weighted by Crippen LogP contribution is -2.27. The molecule has 0 saturated carbocycles. The van der Waals surface area contributed by atoms with E-state index in [4.69, 9.17) is 14.6 Å². The number of amides is 1. The van der Waals surface area contributed by atoms with Gasteiger partial charge in [-0.1, -0.05) is 6.08 Å². The van der Waals surface area contributed by atoms with Gasteiger partial charge in [0.05, 0.1) is 26.4 Å². The number of likely N-dealkylation sites (tertiary alicyclic amines) is 1. The van der Waals surface area contributed by atoms with Gasteiger partial charge in [-0.15, -0.1) is 6.58 Å². The number of aliphatic hydroxyl groups is 1. The van der Waals surface area contributed by atoms with Gasteiger partial charge in [0.15, 0.2) is 0 Å². The second-order valence-electron chi connectivity index (χ2n) is 4.34. The minimum absolute atomic E-state index is 0.0432. The van der Waals surface area contributed by atoms with E-state index in [1.54, 1.807) is 0 Å². The number of carbonyl (C=O) groups is 1. The maximum absolute atomic E-state index is 11.6. The van der Waals surface area contributed by atoms with Gasteiger partial charge >= 0.3 is 0 Å². The summed E-state index contributed by atoms with van der Waals surface area (Å²) in [6, 6.07) is 0. The quantitative estimate of drug-likeness (QED) is 0.455. The van der Waals surface area contributed by atoms with Crippen LogP contribution in [0.1, 0.15) is 12.8 Å². The summed E-state index contributed by atoms with van der Waals surface area (Å²) >= 11 is 0. The molecule has 1 rings (SSSR count). The lowest BCUT2D eigenvalue weighted by Gasteiger charge is -2.15. The third-order valence-corrected chi connectivity index (χ3v) is 2.90. The molecule has 1 heterocycles. The van der Waals surface area contributed by atoms with Crippen LogP contribution in [0, 0.1) is 5.92 Å². The first kappa shape index (κ1) is 15.1. The van der Waals surface area contributed by atoms with Crippen molar-refractivity contribution in [2.45, 2.75) is 12.8 Å². The maximum Gasteiger partial charge on any atom is 0.223 e. The minimum Gasteiger partial charge on any atom is -0.394 e. The fraction of sp³-hybridized carbons (Fsp3) is 0.769. The van der Waals surface area contributed by atoms with E-state index in [0.717, 1.165) is 19.5 Å². The number of ether oxygens (including phenoxy) is 2. The molecular formula is C13H23NO4. The number of hydrogen-bond donors (Lipinski definition) is 1. The molecule has 0 aromatic heterocycles. The van der Waals surface area contributed by atoms with Crippen LogP contribution >= 0.6 is 0 Å². The average molecular weight is 257 g/mol. The summed E-state index contributed by atoms with van der Waals surface area (Å²) < 4.78 is 10.4.